The molecule has 0 saturated heterocycles. The molecule has 0 aromatic heterocycles. The lowest BCUT2D eigenvalue weighted by molar-refractivity contribution is 0.202. The average molecular weight is 204 g/mol. The zero-order chi connectivity index (χ0) is 10.8. The standard InChI is InChI=1S/C15H24/c1-9-5-7-11-10(2)13-14(15(13,3)4)12(11)8-6-9/h10-14H,1,5-8H2,2-4H3. The first-order valence-corrected chi connectivity index (χ1v) is 6.70. The van der Waals surface area contributed by atoms with Crippen molar-refractivity contribution in [3.05, 3.63) is 12.2 Å². The molecule has 5 atom stereocenters. The predicted octanol–water partition coefficient (Wildman–Crippen LogP) is 4.27. The fourth-order valence-electron chi connectivity index (χ4n) is 5.20. The van der Waals surface area contributed by atoms with Crippen molar-refractivity contribution in [2.24, 2.45) is 35.0 Å². The predicted molar refractivity (Wildman–Crippen MR) is 64.5 cm³/mol. The van der Waals surface area contributed by atoms with Gasteiger partial charge in [-0.3, -0.25) is 0 Å². The highest BCUT2D eigenvalue weighted by atomic mass is 14.7. The Balaban J connectivity index is 1.84. The molecular weight excluding hydrogens is 180 g/mol. The van der Waals surface area contributed by atoms with Crippen LogP contribution >= 0.6 is 0 Å². The summed E-state index contributed by atoms with van der Waals surface area (Å²) in [6.45, 7) is 11.7. The lowest BCUT2D eigenvalue weighted by Gasteiger charge is -2.28. The van der Waals surface area contributed by atoms with Crippen LogP contribution in [0.1, 0.15) is 46.5 Å². The maximum atomic E-state index is 4.20. The molecule has 0 bridgehead atoms. The third kappa shape index (κ3) is 1.20. The van der Waals surface area contributed by atoms with Crippen LogP contribution in [0.2, 0.25) is 0 Å². The van der Waals surface area contributed by atoms with Gasteiger partial charge in [-0.15, -0.1) is 0 Å². The first-order valence-electron chi connectivity index (χ1n) is 6.70. The van der Waals surface area contributed by atoms with E-state index in [9.17, 15) is 0 Å². The Morgan fingerprint density at radius 1 is 1.07 bits per heavy atom. The first-order chi connectivity index (χ1) is 7.03. The summed E-state index contributed by atoms with van der Waals surface area (Å²) in [5, 5.41) is 0. The van der Waals surface area contributed by atoms with E-state index in [1.165, 1.54) is 31.3 Å². The normalized spacial score (nSPS) is 51.9. The molecule has 15 heavy (non-hydrogen) atoms. The summed E-state index contributed by atoms with van der Waals surface area (Å²) in [6.07, 6.45) is 5.50. The van der Waals surface area contributed by atoms with Crippen LogP contribution in [0.15, 0.2) is 12.2 Å². The molecule has 0 aliphatic heterocycles. The minimum atomic E-state index is 0.673. The topological polar surface area (TPSA) is 0 Å². The van der Waals surface area contributed by atoms with E-state index in [4.69, 9.17) is 0 Å². The molecule has 0 aromatic rings. The van der Waals surface area contributed by atoms with Crippen molar-refractivity contribution in [2.45, 2.75) is 46.5 Å². The summed E-state index contributed by atoms with van der Waals surface area (Å²) in [7, 11) is 0. The maximum Gasteiger partial charge on any atom is -0.0286 e. The Morgan fingerprint density at radius 3 is 2.33 bits per heavy atom. The Labute approximate surface area is 94.1 Å². The van der Waals surface area contributed by atoms with Gasteiger partial charge in [-0.25, -0.2) is 0 Å². The summed E-state index contributed by atoms with van der Waals surface area (Å²) >= 11 is 0. The molecule has 3 fully saturated rings. The second kappa shape index (κ2) is 2.90. The zero-order valence-corrected chi connectivity index (χ0v) is 10.4. The van der Waals surface area contributed by atoms with Gasteiger partial charge in [-0.2, -0.15) is 0 Å². The van der Waals surface area contributed by atoms with Gasteiger partial charge in [0.05, 0.1) is 0 Å². The SMILES string of the molecule is C=C1CCC2C(C)C3C(C2CC1)C3(C)C. The number of hydrogen-bond donors (Lipinski definition) is 0. The fourth-order valence-corrected chi connectivity index (χ4v) is 5.20. The highest BCUT2D eigenvalue weighted by Crippen LogP contribution is 2.74. The third-order valence-corrected chi connectivity index (χ3v) is 5.91. The monoisotopic (exact) mass is 204 g/mol. The van der Waals surface area contributed by atoms with Crippen molar-refractivity contribution in [2.75, 3.05) is 0 Å². The van der Waals surface area contributed by atoms with Crippen LogP contribution in [-0.2, 0) is 0 Å². The smallest absolute Gasteiger partial charge is 0.0286 e. The fraction of sp³-hybridized carbons (Fsp3) is 0.867. The minimum Gasteiger partial charge on any atom is -0.0999 e. The largest absolute Gasteiger partial charge is 0.0999 e. The van der Waals surface area contributed by atoms with Gasteiger partial charge < -0.3 is 0 Å². The molecule has 0 heteroatoms. The second-order valence-corrected chi connectivity index (χ2v) is 6.89. The van der Waals surface area contributed by atoms with Gasteiger partial charge in [0.25, 0.3) is 0 Å². The van der Waals surface area contributed by atoms with E-state index < -0.39 is 0 Å². The molecule has 3 rings (SSSR count). The summed E-state index contributed by atoms with van der Waals surface area (Å²) in [5.74, 6) is 5.18. The van der Waals surface area contributed by atoms with Gasteiger partial charge >= 0.3 is 0 Å². The molecule has 0 radical (unpaired) electrons. The van der Waals surface area contributed by atoms with Crippen molar-refractivity contribution >= 4 is 0 Å². The van der Waals surface area contributed by atoms with E-state index in [1.54, 1.807) is 0 Å². The Kier molecular flexibility index (Phi) is 1.92. The highest BCUT2D eigenvalue weighted by molar-refractivity contribution is 5.18. The summed E-state index contributed by atoms with van der Waals surface area (Å²) in [5.41, 5.74) is 2.19. The quantitative estimate of drug-likeness (QED) is 0.517. The summed E-state index contributed by atoms with van der Waals surface area (Å²) in [4.78, 5) is 0. The zero-order valence-electron chi connectivity index (χ0n) is 10.4. The van der Waals surface area contributed by atoms with E-state index in [1.807, 2.05) is 0 Å². The van der Waals surface area contributed by atoms with Gasteiger partial charge in [-0.05, 0) is 60.7 Å². The van der Waals surface area contributed by atoms with Crippen LogP contribution in [0.25, 0.3) is 0 Å². The molecule has 84 valence electrons. The minimum absolute atomic E-state index is 0.673. The second-order valence-electron chi connectivity index (χ2n) is 6.89. The summed E-state index contributed by atoms with van der Waals surface area (Å²) < 4.78 is 0. The Hall–Kier alpha value is -0.260. The van der Waals surface area contributed by atoms with Crippen molar-refractivity contribution in [3.8, 4) is 0 Å². The van der Waals surface area contributed by atoms with Crippen LogP contribution in [0, 0.1) is 35.0 Å². The molecule has 5 unspecified atom stereocenters. The van der Waals surface area contributed by atoms with E-state index in [0.29, 0.717) is 5.41 Å². The van der Waals surface area contributed by atoms with Gasteiger partial charge in [0.15, 0.2) is 0 Å². The number of hydrogen-bond acceptors (Lipinski definition) is 0. The van der Waals surface area contributed by atoms with Crippen molar-refractivity contribution in [3.63, 3.8) is 0 Å². The van der Waals surface area contributed by atoms with Gasteiger partial charge in [-0.1, -0.05) is 32.9 Å². The molecule has 3 aliphatic rings. The number of rotatable bonds is 0. The molecule has 0 nitrogen and oxygen atoms in total. The molecule has 3 aliphatic carbocycles. The van der Waals surface area contributed by atoms with Gasteiger partial charge in [0.2, 0.25) is 0 Å². The average Bonchev–Trinajstić information content (AvgIpc) is 2.66. The molecule has 0 spiro atoms. The molecule has 0 N–H and O–H groups in total. The highest BCUT2D eigenvalue weighted by Gasteiger charge is 2.69. The number of allylic oxidation sites excluding steroid dienone is 1. The van der Waals surface area contributed by atoms with Gasteiger partial charge in [0.1, 0.15) is 0 Å². The van der Waals surface area contributed by atoms with Crippen LogP contribution < -0.4 is 0 Å². The van der Waals surface area contributed by atoms with Crippen LogP contribution in [-0.4, -0.2) is 0 Å². The van der Waals surface area contributed by atoms with E-state index in [-0.39, 0.29) is 0 Å². The molecule has 0 amide bonds. The van der Waals surface area contributed by atoms with Crippen LogP contribution in [0.5, 0.6) is 0 Å². The molecule has 3 saturated carbocycles. The Morgan fingerprint density at radius 2 is 1.67 bits per heavy atom. The van der Waals surface area contributed by atoms with E-state index >= 15 is 0 Å². The van der Waals surface area contributed by atoms with Crippen LogP contribution in [0.4, 0.5) is 0 Å². The molecule has 0 heterocycles. The molecule has 0 aromatic carbocycles. The van der Waals surface area contributed by atoms with E-state index in [0.717, 1.165) is 29.6 Å². The van der Waals surface area contributed by atoms with Crippen molar-refractivity contribution in [1.29, 1.82) is 0 Å². The lowest BCUT2D eigenvalue weighted by atomic mass is 9.76. The molecular formula is C15H24. The summed E-state index contributed by atoms with van der Waals surface area (Å²) in [6, 6.07) is 0. The van der Waals surface area contributed by atoms with E-state index in [2.05, 4.69) is 27.4 Å². The first kappa shape index (κ1) is 9.93. The van der Waals surface area contributed by atoms with Crippen molar-refractivity contribution in [1.82, 2.24) is 0 Å². The van der Waals surface area contributed by atoms with Crippen LogP contribution in [0.3, 0.4) is 0 Å². The Bertz CT molecular complexity index is 299. The third-order valence-electron chi connectivity index (χ3n) is 5.91. The van der Waals surface area contributed by atoms with Crippen molar-refractivity contribution < 1.29 is 0 Å². The number of fused-ring (bicyclic) bond motifs is 3. The lowest BCUT2D eigenvalue weighted by Crippen LogP contribution is -2.22. The van der Waals surface area contributed by atoms with Gasteiger partial charge in [0, 0.05) is 0 Å². The maximum absolute atomic E-state index is 4.20.